The van der Waals surface area contributed by atoms with E-state index in [9.17, 15) is 18.3 Å². The number of hydrogen-bond donors (Lipinski definition) is 1. The van der Waals surface area contributed by atoms with Crippen LogP contribution in [0, 0.1) is 5.92 Å². The van der Waals surface area contributed by atoms with E-state index >= 15 is 0 Å². The summed E-state index contributed by atoms with van der Waals surface area (Å²) in [5.41, 5.74) is -0.160. The maximum absolute atomic E-state index is 12.3. The lowest BCUT2D eigenvalue weighted by Crippen LogP contribution is -2.07. The molecule has 1 unspecified atom stereocenters. The van der Waals surface area contributed by atoms with Gasteiger partial charge >= 0.3 is 6.18 Å². The minimum atomic E-state index is -4.32. The van der Waals surface area contributed by atoms with Crippen LogP contribution in [-0.4, -0.2) is 16.6 Å². The zero-order valence-electron chi connectivity index (χ0n) is 10.4. The van der Waals surface area contributed by atoms with Crippen LogP contribution in [0.3, 0.4) is 0 Å². The number of benzene rings is 1. The van der Waals surface area contributed by atoms with Gasteiger partial charge in [-0.2, -0.15) is 24.9 Å². The normalized spacial score (nSPS) is 13.9. The Balaban J connectivity index is 2.56. The van der Waals surface area contributed by atoms with E-state index in [1.807, 2.05) is 0 Å². The minimum Gasteiger partial charge on any atom is -0.388 e. The number of thioether (sulfide) groups is 1. The summed E-state index contributed by atoms with van der Waals surface area (Å²) in [6.07, 6.45) is -5.04. The Bertz CT molecular complexity index is 359. The van der Waals surface area contributed by atoms with Gasteiger partial charge in [0.1, 0.15) is 0 Å². The smallest absolute Gasteiger partial charge is 0.388 e. The van der Waals surface area contributed by atoms with Crippen molar-refractivity contribution in [3.63, 3.8) is 0 Å². The quantitative estimate of drug-likeness (QED) is 0.874. The molecule has 0 aromatic heterocycles. The lowest BCUT2D eigenvalue weighted by Gasteiger charge is -2.13. The Labute approximate surface area is 109 Å². The van der Waals surface area contributed by atoms with Crippen LogP contribution in [0.25, 0.3) is 0 Å². The monoisotopic (exact) mass is 278 g/mol. The van der Waals surface area contributed by atoms with E-state index in [2.05, 4.69) is 13.8 Å². The number of rotatable bonds is 5. The van der Waals surface area contributed by atoms with Crippen LogP contribution in [0.5, 0.6) is 0 Å². The number of hydrogen-bond acceptors (Lipinski definition) is 2. The molecule has 102 valence electrons. The molecular formula is C13H17F3OS. The van der Waals surface area contributed by atoms with Gasteiger partial charge in [0, 0.05) is 5.75 Å². The van der Waals surface area contributed by atoms with Crippen molar-refractivity contribution in [1.82, 2.24) is 0 Å². The van der Waals surface area contributed by atoms with Crippen molar-refractivity contribution in [2.24, 2.45) is 5.92 Å². The highest BCUT2D eigenvalue weighted by Gasteiger charge is 2.30. The van der Waals surface area contributed by atoms with Crippen molar-refractivity contribution in [3.8, 4) is 0 Å². The predicted octanol–water partition coefficient (Wildman–Crippen LogP) is 4.13. The van der Waals surface area contributed by atoms with Gasteiger partial charge in [0.15, 0.2) is 0 Å². The molecule has 0 spiro atoms. The van der Waals surface area contributed by atoms with Crippen molar-refractivity contribution in [2.45, 2.75) is 26.1 Å². The van der Waals surface area contributed by atoms with E-state index in [1.165, 1.54) is 12.1 Å². The number of halogens is 3. The fourth-order valence-electron chi connectivity index (χ4n) is 1.41. The maximum atomic E-state index is 12.3. The molecule has 1 N–H and O–H groups in total. The van der Waals surface area contributed by atoms with Crippen molar-refractivity contribution >= 4 is 11.8 Å². The molecule has 0 saturated carbocycles. The van der Waals surface area contributed by atoms with E-state index < -0.39 is 17.8 Å². The van der Waals surface area contributed by atoms with Crippen molar-refractivity contribution < 1.29 is 18.3 Å². The zero-order valence-corrected chi connectivity index (χ0v) is 11.2. The van der Waals surface area contributed by atoms with Gasteiger partial charge in [0.2, 0.25) is 0 Å². The molecule has 0 bridgehead atoms. The molecule has 0 radical (unpaired) electrons. The summed E-state index contributed by atoms with van der Waals surface area (Å²) in [6.45, 7) is 4.16. The summed E-state index contributed by atoms with van der Waals surface area (Å²) in [6, 6.07) is 4.68. The minimum absolute atomic E-state index is 0.504. The van der Waals surface area contributed by atoms with Gasteiger partial charge in [-0.25, -0.2) is 0 Å². The van der Waals surface area contributed by atoms with Gasteiger partial charge in [-0.3, -0.25) is 0 Å². The SMILES string of the molecule is CC(C)CSCC(O)c1ccc(C(F)(F)F)cc1. The maximum Gasteiger partial charge on any atom is 0.416 e. The lowest BCUT2D eigenvalue weighted by atomic mass is 10.1. The molecule has 1 aromatic carbocycles. The van der Waals surface area contributed by atoms with Gasteiger partial charge in [-0.15, -0.1) is 0 Å². The molecular weight excluding hydrogens is 261 g/mol. The van der Waals surface area contributed by atoms with Crippen LogP contribution in [0.4, 0.5) is 13.2 Å². The van der Waals surface area contributed by atoms with Gasteiger partial charge in [0.05, 0.1) is 11.7 Å². The van der Waals surface area contributed by atoms with Crippen molar-refractivity contribution in [3.05, 3.63) is 35.4 Å². The Morgan fingerprint density at radius 3 is 2.11 bits per heavy atom. The topological polar surface area (TPSA) is 20.2 Å². The predicted molar refractivity (Wildman–Crippen MR) is 68.6 cm³/mol. The zero-order chi connectivity index (χ0) is 13.8. The van der Waals surface area contributed by atoms with E-state index in [1.54, 1.807) is 11.8 Å². The molecule has 0 fully saturated rings. The second-order valence-corrected chi connectivity index (χ2v) is 5.64. The Hall–Kier alpha value is -0.680. The Morgan fingerprint density at radius 2 is 1.67 bits per heavy atom. The van der Waals surface area contributed by atoms with E-state index in [0.29, 0.717) is 17.2 Å². The summed E-state index contributed by atoms with van der Waals surface area (Å²) in [4.78, 5) is 0. The molecule has 1 rings (SSSR count). The third-order valence-corrected chi connectivity index (χ3v) is 3.80. The van der Waals surface area contributed by atoms with E-state index in [0.717, 1.165) is 17.9 Å². The van der Waals surface area contributed by atoms with Crippen LogP contribution in [0.1, 0.15) is 31.1 Å². The third kappa shape index (κ3) is 4.90. The first-order valence-corrected chi connectivity index (χ1v) is 6.89. The number of alkyl halides is 3. The standard InChI is InChI=1S/C13H17F3OS/c1-9(2)7-18-8-12(17)10-3-5-11(6-4-10)13(14,15)16/h3-6,9,12,17H,7-8H2,1-2H3. The summed E-state index contributed by atoms with van der Waals surface area (Å²) >= 11 is 1.60. The highest BCUT2D eigenvalue weighted by atomic mass is 32.2. The number of aliphatic hydroxyl groups excluding tert-OH is 1. The highest BCUT2D eigenvalue weighted by molar-refractivity contribution is 7.99. The van der Waals surface area contributed by atoms with Crippen LogP contribution in [-0.2, 0) is 6.18 Å². The van der Waals surface area contributed by atoms with Gasteiger partial charge in [0.25, 0.3) is 0 Å². The van der Waals surface area contributed by atoms with E-state index in [4.69, 9.17) is 0 Å². The molecule has 0 amide bonds. The molecule has 0 aliphatic rings. The van der Waals surface area contributed by atoms with Crippen LogP contribution in [0.2, 0.25) is 0 Å². The van der Waals surface area contributed by atoms with Crippen molar-refractivity contribution in [1.29, 1.82) is 0 Å². The van der Waals surface area contributed by atoms with Gasteiger partial charge in [-0.1, -0.05) is 26.0 Å². The Kier molecular flexibility index (Phi) is 5.53. The summed E-state index contributed by atoms with van der Waals surface area (Å²) in [5, 5.41) is 9.83. The summed E-state index contributed by atoms with van der Waals surface area (Å²) < 4.78 is 37.0. The average Bonchev–Trinajstić information content (AvgIpc) is 2.27. The average molecular weight is 278 g/mol. The van der Waals surface area contributed by atoms with E-state index in [-0.39, 0.29) is 0 Å². The molecule has 0 aliphatic carbocycles. The second-order valence-electron chi connectivity index (χ2n) is 4.57. The van der Waals surface area contributed by atoms with Crippen molar-refractivity contribution in [2.75, 3.05) is 11.5 Å². The largest absolute Gasteiger partial charge is 0.416 e. The molecule has 1 nitrogen and oxygen atoms in total. The molecule has 0 saturated heterocycles. The van der Waals surface area contributed by atoms with Gasteiger partial charge in [-0.05, 0) is 29.4 Å². The molecule has 18 heavy (non-hydrogen) atoms. The first-order valence-electron chi connectivity index (χ1n) is 5.73. The number of aliphatic hydroxyl groups is 1. The van der Waals surface area contributed by atoms with Crippen LogP contribution in [0.15, 0.2) is 24.3 Å². The molecule has 1 aromatic rings. The first-order chi connectivity index (χ1) is 8.30. The lowest BCUT2D eigenvalue weighted by molar-refractivity contribution is -0.137. The van der Waals surface area contributed by atoms with Crippen LogP contribution >= 0.6 is 11.8 Å². The molecule has 0 heterocycles. The highest BCUT2D eigenvalue weighted by Crippen LogP contribution is 2.30. The second kappa shape index (κ2) is 6.48. The Morgan fingerprint density at radius 1 is 1.11 bits per heavy atom. The third-order valence-electron chi connectivity index (χ3n) is 2.35. The molecule has 5 heteroatoms. The first kappa shape index (κ1) is 15.4. The van der Waals surface area contributed by atoms with Crippen LogP contribution < -0.4 is 0 Å². The molecule has 0 aliphatic heterocycles. The summed E-state index contributed by atoms with van der Waals surface area (Å²) in [5.74, 6) is 1.97. The summed E-state index contributed by atoms with van der Waals surface area (Å²) in [7, 11) is 0. The molecule has 1 atom stereocenters. The van der Waals surface area contributed by atoms with Gasteiger partial charge < -0.3 is 5.11 Å². The fraction of sp³-hybridized carbons (Fsp3) is 0.538. The fourth-order valence-corrected chi connectivity index (χ4v) is 2.43.